The second-order valence-electron chi connectivity index (χ2n) is 9.89. The topological polar surface area (TPSA) is 71.1 Å². The van der Waals surface area contributed by atoms with Crippen LogP contribution in [-0.4, -0.2) is 11.9 Å². The van der Waals surface area contributed by atoms with Gasteiger partial charge < -0.3 is 18.9 Å². The summed E-state index contributed by atoms with van der Waals surface area (Å²) in [7, 11) is 0. The monoisotopic (exact) mass is 586 g/mol. The zero-order valence-corrected chi connectivity index (χ0v) is 25.8. The summed E-state index contributed by atoms with van der Waals surface area (Å²) < 4.78 is 22.0. The van der Waals surface area contributed by atoms with Crippen molar-refractivity contribution in [2.24, 2.45) is 0 Å². The zero-order chi connectivity index (χ0) is 32.2. The summed E-state index contributed by atoms with van der Waals surface area (Å²) in [6, 6.07) is 22.4. The molecule has 3 rings (SSSR count). The molecule has 0 radical (unpaired) electrons. The van der Waals surface area contributed by atoms with Crippen LogP contribution in [0.3, 0.4) is 0 Å². The number of benzene rings is 3. The maximum absolute atomic E-state index is 11.7. The van der Waals surface area contributed by atoms with Crippen LogP contribution in [0.25, 0.3) is 0 Å². The molecule has 0 aliphatic rings. The van der Waals surface area contributed by atoms with E-state index in [0.717, 1.165) is 22.3 Å². The molecule has 0 spiro atoms. The summed E-state index contributed by atoms with van der Waals surface area (Å²) >= 11 is 0. The molecule has 0 atom stereocenters. The third-order valence-corrected chi connectivity index (χ3v) is 6.02. The fraction of sp³-hybridized carbons (Fsp3) is 0.158. The maximum Gasteiger partial charge on any atom is 0.338 e. The number of hydrogen-bond donors (Lipinski definition) is 0. The van der Waals surface area contributed by atoms with Crippen molar-refractivity contribution in [1.82, 2.24) is 0 Å². The second kappa shape index (κ2) is 15.5. The summed E-state index contributed by atoms with van der Waals surface area (Å²) in [6.07, 6.45) is 0. The number of esters is 2. The summed E-state index contributed by atoms with van der Waals surface area (Å²) in [5, 5.41) is 0. The molecule has 3 aromatic rings. The van der Waals surface area contributed by atoms with E-state index in [1.54, 1.807) is 65.8 Å². The van der Waals surface area contributed by atoms with Crippen molar-refractivity contribution in [1.29, 1.82) is 0 Å². The van der Waals surface area contributed by atoms with Gasteiger partial charge in [0.25, 0.3) is 0 Å². The SMILES string of the molecule is C=C(C)C(=O)OC(C)=C(C)Oc1ccc(C#Cc2ccc(C#Cc3ccc(OC(C)=C(C)OC(=O)C(=C)C)cc3)cc2)cc1. The van der Waals surface area contributed by atoms with Crippen molar-refractivity contribution in [2.75, 3.05) is 0 Å². The first kappa shape index (κ1) is 32.8. The van der Waals surface area contributed by atoms with Gasteiger partial charge in [-0.15, -0.1) is 0 Å². The van der Waals surface area contributed by atoms with Crippen LogP contribution in [0, 0.1) is 23.7 Å². The van der Waals surface area contributed by atoms with E-state index in [-0.39, 0.29) is 0 Å². The van der Waals surface area contributed by atoms with Gasteiger partial charge in [0.2, 0.25) is 0 Å². The van der Waals surface area contributed by atoms with E-state index in [9.17, 15) is 9.59 Å². The van der Waals surface area contributed by atoms with Gasteiger partial charge in [-0.3, -0.25) is 0 Å². The first-order valence-corrected chi connectivity index (χ1v) is 13.7. The van der Waals surface area contributed by atoms with Crippen LogP contribution in [0.5, 0.6) is 11.5 Å². The molecule has 0 fully saturated rings. The number of hydrogen-bond acceptors (Lipinski definition) is 6. The molecule has 0 N–H and O–H groups in total. The molecule has 0 aliphatic carbocycles. The molecule has 0 aromatic heterocycles. The Morgan fingerprint density at radius 2 is 0.705 bits per heavy atom. The van der Waals surface area contributed by atoms with Crippen molar-refractivity contribution in [3.63, 3.8) is 0 Å². The highest BCUT2D eigenvalue weighted by Crippen LogP contribution is 2.19. The molecule has 0 aliphatic heterocycles. The Labute approximate surface area is 259 Å². The predicted molar refractivity (Wildman–Crippen MR) is 171 cm³/mol. The predicted octanol–water partition coefficient (Wildman–Crippen LogP) is 7.99. The van der Waals surface area contributed by atoms with Crippen LogP contribution in [-0.2, 0) is 19.1 Å². The Morgan fingerprint density at radius 3 is 0.955 bits per heavy atom. The van der Waals surface area contributed by atoms with Crippen LogP contribution >= 0.6 is 0 Å². The molecule has 6 heteroatoms. The van der Waals surface area contributed by atoms with Gasteiger partial charge in [-0.05, 0) is 114 Å². The second-order valence-corrected chi connectivity index (χ2v) is 9.89. The molecule has 3 aromatic carbocycles. The van der Waals surface area contributed by atoms with E-state index in [0.29, 0.717) is 45.7 Å². The first-order valence-electron chi connectivity index (χ1n) is 13.7. The van der Waals surface area contributed by atoms with E-state index < -0.39 is 11.9 Å². The fourth-order valence-electron chi connectivity index (χ4n) is 3.23. The van der Waals surface area contributed by atoms with E-state index in [2.05, 4.69) is 36.8 Å². The maximum atomic E-state index is 11.7. The van der Waals surface area contributed by atoms with Gasteiger partial charge in [0.1, 0.15) is 34.5 Å². The van der Waals surface area contributed by atoms with Gasteiger partial charge >= 0.3 is 11.9 Å². The van der Waals surface area contributed by atoms with Crippen LogP contribution in [0.4, 0.5) is 0 Å². The molecule has 222 valence electrons. The lowest BCUT2D eigenvalue weighted by atomic mass is 10.1. The van der Waals surface area contributed by atoms with E-state index in [1.807, 2.05) is 48.5 Å². The highest BCUT2D eigenvalue weighted by atomic mass is 16.6. The molecule has 0 saturated carbocycles. The Bertz CT molecular complexity index is 1610. The van der Waals surface area contributed by atoms with Crippen LogP contribution in [0.2, 0.25) is 0 Å². The summed E-state index contributed by atoms with van der Waals surface area (Å²) in [4.78, 5) is 23.4. The van der Waals surface area contributed by atoms with Gasteiger partial charge in [0.05, 0.1) is 0 Å². The van der Waals surface area contributed by atoms with Gasteiger partial charge in [-0.1, -0.05) is 36.8 Å². The van der Waals surface area contributed by atoms with Crippen molar-refractivity contribution >= 4 is 11.9 Å². The molecular weight excluding hydrogens is 552 g/mol. The van der Waals surface area contributed by atoms with E-state index >= 15 is 0 Å². The largest absolute Gasteiger partial charge is 0.459 e. The Balaban J connectivity index is 1.57. The van der Waals surface area contributed by atoms with Crippen molar-refractivity contribution < 1.29 is 28.5 Å². The van der Waals surface area contributed by atoms with Crippen LogP contribution in [0.15, 0.2) is 120 Å². The Morgan fingerprint density at radius 1 is 0.455 bits per heavy atom. The minimum absolute atomic E-state index is 0.318. The lowest BCUT2D eigenvalue weighted by molar-refractivity contribution is -0.136. The summed E-state index contributed by atoms with van der Waals surface area (Å²) in [5.41, 5.74) is 4.01. The third-order valence-electron chi connectivity index (χ3n) is 6.02. The minimum atomic E-state index is -0.491. The van der Waals surface area contributed by atoms with E-state index in [1.165, 1.54) is 0 Å². The molecule has 0 saturated heterocycles. The lowest BCUT2D eigenvalue weighted by Crippen LogP contribution is -2.06. The quantitative estimate of drug-likeness (QED) is 0.115. The zero-order valence-electron chi connectivity index (χ0n) is 25.8. The number of ether oxygens (including phenoxy) is 4. The molecule has 0 heterocycles. The van der Waals surface area contributed by atoms with Gasteiger partial charge in [0.15, 0.2) is 0 Å². The molecule has 0 bridgehead atoms. The Kier molecular flexibility index (Phi) is 11.5. The van der Waals surface area contributed by atoms with Gasteiger partial charge in [-0.2, -0.15) is 0 Å². The standard InChI is InChI=1S/C38H34O6/c1-25(2)37(39)43-29(7)27(5)41-35-21-17-33(18-22-35)15-13-31-9-11-32(12-10-31)14-16-34-19-23-36(24-20-34)42-28(6)30(8)44-38(40)26(3)4/h9-12,17-24H,1,3H2,2,4-8H3. The lowest BCUT2D eigenvalue weighted by Gasteiger charge is -2.10. The third kappa shape index (κ3) is 10.3. The molecule has 44 heavy (non-hydrogen) atoms. The number of rotatable bonds is 8. The van der Waals surface area contributed by atoms with Crippen LogP contribution < -0.4 is 9.47 Å². The average molecular weight is 587 g/mol. The van der Waals surface area contributed by atoms with Gasteiger partial charge in [-0.25, -0.2) is 9.59 Å². The van der Waals surface area contributed by atoms with Crippen LogP contribution in [0.1, 0.15) is 63.8 Å². The molecular formula is C38H34O6. The van der Waals surface area contributed by atoms with Crippen molar-refractivity contribution in [3.05, 3.63) is 142 Å². The summed E-state index contributed by atoms with van der Waals surface area (Å²) in [6.45, 7) is 17.1. The highest BCUT2D eigenvalue weighted by molar-refractivity contribution is 5.88. The average Bonchev–Trinajstić information content (AvgIpc) is 3.00. The minimum Gasteiger partial charge on any atom is -0.459 e. The number of allylic oxidation sites excluding steroid dienone is 4. The van der Waals surface area contributed by atoms with Gasteiger partial charge in [0, 0.05) is 33.4 Å². The highest BCUT2D eigenvalue weighted by Gasteiger charge is 2.10. The Hall–Kier alpha value is -5.72. The molecule has 0 amide bonds. The normalized spacial score (nSPS) is 11.2. The smallest absolute Gasteiger partial charge is 0.338 e. The van der Waals surface area contributed by atoms with Crippen molar-refractivity contribution in [2.45, 2.75) is 41.5 Å². The molecule has 6 nitrogen and oxygen atoms in total. The van der Waals surface area contributed by atoms with E-state index in [4.69, 9.17) is 18.9 Å². The fourth-order valence-corrected chi connectivity index (χ4v) is 3.23. The number of carbonyl (C=O) groups excluding carboxylic acids is 2. The summed E-state index contributed by atoms with van der Waals surface area (Å²) in [5.74, 6) is 14.5. The first-order chi connectivity index (χ1) is 20.9. The molecule has 0 unspecified atom stereocenters. The number of carbonyl (C=O) groups is 2. The van der Waals surface area contributed by atoms with Crippen molar-refractivity contribution in [3.8, 4) is 35.2 Å².